The smallest absolute Gasteiger partial charge is 0.317 e. The Morgan fingerprint density at radius 1 is 1.10 bits per heavy atom. The number of ether oxygens (including phenoxy) is 1. The Morgan fingerprint density at radius 3 is 2.55 bits per heavy atom. The lowest BCUT2D eigenvalue weighted by Gasteiger charge is -2.30. The van der Waals surface area contributed by atoms with Gasteiger partial charge in [0.15, 0.2) is 5.69 Å². The van der Waals surface area contributed by atoms with E-state index in [-0.39, 0.29) is 30.9 Å². The summed E-state index contributed by atoms with van der Waals surface area (Å²) in [7, 11) is 1.61. The van der Waals surface area contributed by atoms with Gasteiger partial charge in [-0.3, -0.25) is 9.78 Å². The largest absolute Gasteiger partial charge is 0.497 e. The lowest BCUT2D eigenvalue weighted by Crippen LogP contribution is -2.42. The highest BCUT2D eigenvalue weighted by Crippen LogP contribution is 2.36. The molecule has 0 radical (unpaired) electrons. The number of urea groups is 1. The van der Waals surface area contributed by atoms with Crippen molar-refractivity contribution in [1.82, 2.24) is 30.3 Å². The van der Waals surface area contributed by atoms with Gasteiger partial charge in [-0.2, -0.15) is 5.10 Å². The Labute approximate surface area is 254 Å². The number of nitrogens with zero attached hydrogens (tertiary/aromatic N) is 4. The minimum atomic E-state index is -0.394. The fourth-order valence-electron chi connectivity index (χ4n) is 4.86. The van der Waals surface area contributed by atoms with Gasteiger partial charge in [-0.15, -0.1) is 0 Å². The van der Waals surface area contributed by atoms with Gasteiger partial charge in [-0.25, -0.2) is 9.48 Å². The number of hydrogen-bond acceptors (Lipinski definition) is 5. The molecule has 3 heterocycles. The monoisotopic (exact) mass is 604 g/mol. The maximum atomic E-state index is 13.8. The van der Waals surface area contributed by atoms with E-state index in [1.54, 1.807) is 41.1 Å². The molecule has 0 unspecified atom stereocenters. The highest BCUT2D eigenvalue weighted by molar-refractivity contribution is 6.35. The Hall–Kier alpha value is -4.34. The van der Waals surface area contributed by atoms with Crippen LogP contribution < -0.4 is 15.4 Å². The van der Waals surface area contributed by atoms with E-state index < -0.39 is 5.91 Å². The third kappa shape index (κ3) is 6.12. The molecule has 42 heavy (non-hydrogen) atoms. The second-order valence-corrected chi connectivity index (χ2v) is 10.6. The van der Waals surface area contributed by atoms with Crippen molar-refractivity contribution in [2.75, 3.05) is 20.2 Å². The van der Waals surface area contributed by atoms with Crippen LogP contribution in [0, 0.1) is 0 Å². The number of fused-ring (bicyclic) bond motifs is 1. The molecule has 0 fully saturated rings. The van der Waals surface area contributed by atoms with Crippen molar-refractivity contribution < 1.29 is 14.3 Å². The molecule has 3 amide bonds. The predicted octanol–water partition coefficient (Wildman–Crippen LogP) is 6.16. The number of pyridine rings is 1. The molecule has 0 bridgehead atoms. The van der Waals surface area contributed by atoms with Gasteiger partial charge in [-0.05, 0) is 73.5 Å². The molecule has 0 saturated heterocycles. The Bertz CT molecular complexity index is 1640. The standard InChI is InChI=1S/C31H30Cl2N6O3/c1-4-34-31(41)38-17-21(15-20-8-11-23(42-3)12-9-20)29-24(18-38)28(30(40)36-19(2)26-7-5-6-14-35-26)37-39(29)27-13-10-22(32)16-25(27)33/h5-16,19H,4,17-18H2,1-3H3,(H,34,41)(H,36,40)/t19-/m1/s1. The summed E-state index contributed by atoms with van der Waals surface area (Å²) in [6.45, 7) is 4.64. The Morgan fingerprint density at radius 2 is 1.88 bits per heavy atom. The molecule has 0 aliphatic carbocycles. The van der Waals surface area contributed by atoms with Gasteiger partial charge in [0.1, 0.15) is 5.75 Å². The Balaban J connectivity index is 1.67. The lowest BCUT2D eigenvalue weighted by atomic mass is 9.97. The lowest BCUT2D eigenvalue weighted by molar-refractivity contribution is 0.0931. The third-order valence-electron chi connectivity index (χ3n) is 6.90. The zero-order chi connectivity index (χ0) is 29.8. The number of methoxy groups -OCH3 is 1. The SMILES string of the molecule is CCNC(=O)N1CC(=Cc2ccc(OC)cc2)c2c(c(C(=O)N[C@H](C)c3ccccn3)nn2-c2ccc(Cl)cc2Cl)C1. The van der Waals surface area contributed by atoms with Crippen LogP contribution in [0.2, 0.25) is 10.0 Å². The van der Waals surface area contributed by atoms with E-state index in [4.69, 9.17) is 33.0 Å². The van der Waals surface area contributed by atoms with Gasteiger partial charge in [0.25, 0.3) is 5.91 Å². The third-order valence-corrected chi connectivity index (χ3v) is 7.44. The first-order valence-corrected chi connectivity index (χ1v) is 14.2. The van der Waals surface area contributed by atoms with Crippen LogP contribution >= 0.6 is 23.2 Å². The minimum absolute atomic E-state index is 0.174. The van der Waals surface area contributed by atoms with Crippen LogP contribution in [0.3, 0.4) is 0 Å². The number of nitrogens with one attached hydrogen (secondary N) is 2. The van der Waals surface area contributed by atoms with Gasteiger partial charge < -0.3 is 20.3 Å². The molecule has 2 aromatic heterocycles. The molecule has 5 rings (SSSR count). The number of benzene rings is 2. The average Bonchev–Trinajstić information content (AvgIpc) is 3.38. The van der Waals surface area contributed by atoms with E-state index in [0.717, 1.165) is 16.9 Å². The van der Waals surface area contributed by atoms with Gasteiger partial charge in [0, 0.05) is 29.9 Å². The molecule has 1 aliphatic rings. The predicted molar refractivity (Wildman–Crippen MR) is 164 cm³/mol. The number of aromatic nitrogens is 3. The average molecular weight is 606 g/mol. The van der Waals surface area contributed by atoms with Crippen LogP contribution in [0.4, 0.5) is 4.79 Å². The van der Waals surface area contributed by atoms with Crippen molar-refractivity contribution in [3.05, 3.63) is 105 Å². The summed E-state index contributed by atoms with van der Waals surface area (Å²) >= 11 is 12.9. The zero-order valence-corrected chi connectivity index (χ0v) is 24.9. The van der Waals surface area contributed by atoms with E-state index >= 15 is 0 Å². The summed E-state index contributed by atoms with van der Waals surface area (Å²) < 4.78 is 6.98. The molecule has 11 heteroatoms. The molecule has 0 spiro atoms. The molecule has 1 aliphatic heterocycles. The van der Waals surface area contributed by atoms with E-state index in [1.807, 2.05) is 62.4 Å². The molecule has 0 saturated carbocycles. The maximum Gasteiger partial charge on any atom is 0.317 e. The number of halogens is 2. The quantitative estimate of drug-likeness (QED) is 0.263. The molecule has 216 valence electrons. The zero-order valence-electron chi connectivity index (χ0n) is 23.4. The normalized spacial score (nSPS) is 14.3. The number of carbonyl (C=O) groups is 2. The van der Waals surface area contributed by atoms with Crippen LogP contribution in [0.5, 0.6) is 5.75 Å². The van der Waals surface area contributed by atoms with E-state index in [1.165, 1.54) is 0 Å². The topological polar surface area (TPSA) is 101 Å². The van der Waals surface area contributed by atoms with E-state index in [0.29, 0.717) is 39.2 Å². The molecule has 1 atom stereocenters. The van der Waals surface area contributed by atoms with Crippen molar-refractivity contribution in [3.8, 4) is 11.4 Å². The number of amides is 3. The van der Waals surface area contributed by atoms with Crippen molar-refractivity contribution in [2.45, 2.75) is 26.4 Å². The van der Waals surface area contributed by atoms with Gasteiger partial charge >= 0.3 is 6.03 Å². The summed E-state index contributed by atoms with van der Waals surface area (Å²) in [6.07, 6.45) is 3.65. The highest BCUT2D eigenvalue weighted by atomic mass is 35.5. The first kappa shape index (κ1) is 29.2. The summed E-state index contributed by atoms with van der Waals surface area (Å²) in [4.78, 5) is 32.9. The molecule has 2 N–H and O–H groups in total. The highest BCUT2D eigenvalue weighted by Gasteiger charge is 2.34. The molecule has 4 aromatic rings. The summed E-state index contributed by atoms with van der Waals surface area (Å²) in [5, 5.41) is 11.5. The van der Waals surface area contributed by atoms with Crippen LogP contribution in [0.15, 0.2) is 66.9 Å². The van der Waals surface area contributed by atoms with Gasteiger partial charge in [-0.1, -0.05) is 41.4 Å². The van der Waals surface area contributed by atoms with Crippen molar-refractivity contribution in [1.29, 1.82) is 0 Å². The summed E-state index contributed by atoms with van der Waals surface area (Å²) in [5.74, 6) is 0.333. The van der Waals surface area contributed by atoms with Gasteiger partial charge in [0.2, 0.25) is 0 Å². The summed E-state index contributed by atoms with van der Waals surface area (Å²) in [5.41, 5.74) is 4.41. The maximum absolute atomic E-state index is 13.8. The molecular weight excluding hydrogens is 575 g/mol. The van der Waals surface area contributed by atoms with Gasteiger partial charge in [0.05, 0.1) is 41.8 Å². The van der Waals surface area contributed by atoms with Crippen molar-refractivity contribution >= 4 is 46.8 Å². The second-order valence-electron chi connectivity index (χ2n) is 9.77. The van der Waals surface area contributed by atoms with Crippen LogP contribution in [0.25, 0.3) is 17.3 Å². The number of rotatable bonds is 7. The molecule has 2 aromatic carbocycles. The van der Waals surface area contributed by atoms with Crippen LogP contribution in [0.1, 0.15) is 52.9 Å². The molecule has 9 nitrogen and oxygen atoms in total. The fourth-order valence-corrected chi connectivity index (χ4v) is 5.35. The first-order chi connectivity index (χ1) is 20.3. The molecular formula is C31H30Cl2N6O3. The number of carbonyl (C=O) groups excluding carboxylic acids is 2. The van der Waals surface area contributed by atoms with Crippen LogP contribution in [-0.2, 0) is 6.54 Å². The number of hydrogen-bond donors (Lipinski definition) is 2. The minimum Gasteiger partial charge on any atom is -0.497 e. The van der Waals surface area contributed by atoms with Crippen molar-refractivity contribution in [2.24, 2.45) is 0 Å². The first-order valence-electron chi connectivity index (χ1n) is 13.5. The second kappa shape index (κ2) is 12.7. The summed E-state index contributed by atoms with van der Waals surface area (Å²) in [6, 6.07) is 17.6. The Kier molecular flexibility index (Phi) is 8.80. The van der Waals surface area contributed by atoms with E-state index in [2.05, 4.69) is 15.6 Å². The van der Waals surface area contributed by atoms with E-state index in [9.17, 15) is 9.59 Å². The van der Waals surface area contributed by atoms with Crippen LogP contribution in [-0.4, -0.2) is 51.8 Å². The van der Waals surface area contributed by atoms with Crippen molar-refractivity contribution in [3.63, 3.8) is 0 Å². The fraction of sp³-hybridized carbons (Fsp3) is 0.226.